The molecule has 0 spiro atoms. The van der Waals surface area contributed by atoms with Gasteiger partial charge in [0.05, 0.1) is 5.52 Å². The molecule has 0 aliphatic carbocycles. The third-order valence-electron chi connectivity index (χ3n) is 2.74. The summed E-state index contributed by atoms with van der Waals surface area (Å²) >= 11 is 0. The fourth-order valence-corrected chi connectivity index (χ4v) is 1.98. The number of hydrogen-bond acceptors (Lipinski definition) is 3. The maximum atomic E-state index is 12.0. The van der Waals surface area contributed by atoms with Crippen molar-refractivity contribution in [2.45, 2.75) is 20.4 Å². The lowest BCUT2D eigenvalue weighted by Gasteiger charge is -2.09. The highest BCUT2D eigenvalue weighted by Crippen LogP contribution is 2.20. The van der Waals surface area contributed by atoms with Crippen molar-refractivity contribution in [1.29, 1.82) is 0 Å². The van der Waals surface area contributed by atoms with Crippen LogP contribution in [0.5, 0.6) is 5.75 Å². The summed E-state index contributed by atoms with van der Waals surface area (Å²) in [7, 11) is 0. The van der Waals surface area contributed by atoms with Crippen LogP contribution in [0, 0.1) is 5.92 Å². The van der Waals surface area contributed by atoms with Gasteiger partial charge in [0.15, 0.2) is 0 Å². The summed E-state index contributed by atoms with van der Waals surface area (Å²) in [6.07, 6.45) is 0. The molecule has 4 nitrogen and oxygen atoms in total. The number of nitrogens with zero attached hydrogens (tertiary/aromatic N) is 1. The zero-order valence-corrected chi connectivity index (χ0v) is 10.4. The summed E-state index contributed by atoms with van der Waals surface area (Å²) in [5.74, 6) is 0.0743. The van der Waals surface area contributed by atoms with Crippen molar-refractivity contribution in [3.05, 3.63) is 50.9 Å². The molecule has 94 valence electrons. The van der Waals surface area contributed by atoms with E-state index in [1.807, 2.05) is 13.8 Å². The first kappa shape index (κ1) is 12.4. The van der Waals surface area contributed by atoms with Crippen molar-refractivity contribution < 1.29 is 5.11 Å². The van der Waals surface area contributed by atoms with Crippen LogP contribution in [-0.2, 0) is 6.54 Å². The molecule has 2 rings (SSSR count). The Labute approximate surface area is 104 Å². The quantitative estimate of drug-likeness (QED) is 0.819. The van der Waals surface area contributed by atoms with Crippen LogP contribution < -0.4 is 11.0 Å². The minimum absolute atomic E-state index is 0.157. The van der Waals surface area contributed by atoms with Crippen molar-refractivity contribution in [3.8, 4) is 5.75 Å². The monoisotopic (exact) mass is 245 g/mol. The summed E-state index contributed by atoms with van der Waals surface area (Å²) in [5, 5.41) is 10.4. The van der Waals surface area contributed by atoms with Crippen LogP contribution in [0.25, 0.3) is 10.9 Å². The molecule has 2 aromatic rings. The van der Waals surface area contributed by atoms with Gasteiger partial charge in [-0.15, -0.1) is 0 Å². The highest BCUT2D eigenvalue weighted by atomic mass is 16.3. The van der Waals surface area contributed by atoms with Crippen LogP contribution in [0.2, 0.25) is 0 Å². The Morgan fingerprint density at radius 1 is 1.22 bits per heavy atom. The Hall–Kier alpha value is -2.10. The summed E-state index contributed by atoms with van der Waals surface area (Å²) < 4.78 is 1.43. The maximum absolute atomic E-state index is 12.0. The summed E-state index contributed by atoms with van der Waals surface area (Å²) in [6, 6.07) is 7.96. The number of aromatic hydroxyl groups is 1. The number of hydrogen-bond donors (Lipinski definition) is 1. The van der Waals surface area contributed by atoms with Gasteiger partial charge in [-0.3, -0.25) is 9.59 Å². The largest absolute Gasteiger partial charge is 0.507 e. The molecule has 0 amide bonds. The molecule has 0 saturated heterocycles. The van der Waals surface area contributed by atoms with Crippen LogP contribution >= 0.6 is 0 Å². The van der Waals surface area contributed by atoms with E-state index in [-0.39, 0.29) is 11.7 Å². The smallest absolute Gasteiger partial charge is 0.298 e. The predicted molar refractivity (Wildman–Crippen MR) is 71.0 cm³/mol. The van der Waals surface area contributed by atoms with Crippen LogP contribution in [-0.4, -0.2) is 9.67 Å². The molecule has 0 aliphatic heterocycles. The Morgan fingerprint density at radius 2 is 1.89 bits per heavy atom. The molecule has 0 atom stereocenters. The Bertz CT molecular complexity index is 701. The summed E-state index contributed by atoms with van der Waals surface area (Å²) in [5.41, 5.74) is -0.708. The van der Waals surface area contributed by atoms with E-state index >= 15 is 0 Å². The van der Waals surface area contributed by atoms with Crippen molar-refractivity contribution >= 4 is 10.9 Å². The van der Waals surface area contributed by atoms with E-state index in [9.17, 15) is 14.7 Å². The van der Waals surface area contributed by atoms with Crippen LogP contribution in [0.15, 0.2) is 39.9 Å². The molecule has 0 aliphatic rings. The average molecular weight is 245 g/mol. The van der Waals surface area contributed by atoms with Crippen molar-refractivity contribution in [2.75, 3.05) is 0 Å². The first-order chi connectivity index (χ1) is 8.50. The van der Waals surface area contributed by atoms with Gasteiger partial charge >= 0.3 is 0 Å². The molecule has 0 bridgehead atoms. The van der Waals surface area contributed by atoms with Gasteiger partial charge in [0, 0.05) is 18.0 Å². The van der Waals surface area contributed by atoms with E-state index in [1.165, 1.54) is 4.57 Å². The van der Waals surface area contributed by atoms with Gasteiger partial charge in [-0.2, -0.15) is 0 Å². The van der Waals surface area contributed by atoms with Crippen LogP contribution in [0.1, 0.15) is 13.8 Å². The Morgan fingerprint density at radius 3 is 2.56 bits per heavy atom. The number of aromatic nitrogens is 1. The SMILES string of the molecule is CC(C)Cn1c(=O)c(=O)cc(O)c2ccccc21. The normalized spacial score (nSPS) is 11.1. The zero-order valence-electron chi connectivity index (χ0n) is 10.4. The van der Waals surface area contributed by atoms with Gasteiger partial charge in [-0.25, -0.2) is 0 Å². The zero-order chi connectivity index (χ0) is 13.3. The van der Waals surface area contributed by atoms with Crippen molar-refractivity contribution in [1.82, 2.24) is 4.57 Å². The second kappa shape index (κ2) is 4.64. The highest BCUT2D eigenvalue weighted by Gasteiger charge is 2.09. The average Bonchev–Trinajstić information content (AvgIpc) is 2.41. The van der Waals surface area contributed by atoms with Gasteiger partial charge in [-0.05, 0) is 18.1 Å². The third-order valence-corrected chi connectivity index (χ3v) is 2.74. The van der Waals surface area contributed by atoms with Gasteiger partial charge in [0.1, 0.15) is 5.75 Å². The molecule has 0 saturated carbocycles. The molecule has 0 unspecified atom stereocenters. The van der Waals surface area contributed by atoms with E-state index in [2.05, 4.69) is 0 Å². The molecular formula is C14H15NO3. The Balaban J connectivity index is 2.99. The van der Waals surface area contributed by atoms with Crippen LogP contribution in [0.3, 0.4) is 0 Å². The fourth-order valence-electron chi connectivity index (χ4n) is 1.98. The molecule has 0 radical (unpaired) electrons. The molecule has 1 aromatic carbocycles. The van der Waals surface area contributed by atoms with E-state index in [0.29, 0.717) is 17.4 Å². The lowest BCUT2D eigenvalue weighted by Crippen LogP contribution is -2.32. The summed E-state index contributed by atoms with van der Waals surface area (Å²) in [6.45, 7) is 4.39. The molecule has 1 aromatic heterocycles. The first-order valence-electron chi connectivity index (χ1n) is 5.86. The number of rotatable bonds is 2. The number of para-hydroxylation sites is 1. The second-order valence-electron chi connectivity index (χ2n) is 4.72. The lowest BCUT2D eigenvalue weighted by atomic mass is 10.2. The van der Waals surface area contributed by atoms with Crippen molar-refractivity contribution in [3.63, 3.8) is 0 Å². The number of benzene rings is 1. The minimum atomic E-state index is -0.690. The lowest BCUT2D eigenvalue weighted by molar-refractivity contribution is 0.481. The molecule has 1 N–H and O–H groups in total. The topological polar surface area (TPSA) is 59.3 Å². The van der Waals surface area contributed by atoms with Gasteiger partial charge in [0.25, 0.3) is 5.56 Å². The van der Waals surface area contributed by atoms with E-state index in [0.717, 1.165) is 6.07 Å². The van der Waals surface area contributed by atoms with E-state index in [4.69, 9.17) is 0 Å². The van der Waals surface area contributed by atoms with E-state index < -0.39 is 11.0 Å². The maximum Gasteiger partial charge on any atom is 0.298 e. The van der Waals surface area contributed by atoms with Gasteiger partial charge in [0.2, 0.25) is 5.43 Å². The van der Waals surface area contributed by atoms with Crippen molar-refractivity contribution in [2.24, 2.45) is 5.92 Å². The minimum Gasteiger partial charge on any atom is -0.507 e. The predicted octanol–water partition coefficient (Wildman–Crippen LogP) is 1.72. The standard InChI is InChI=1S/C14H15NO3/c1-9(2)8-15-11-6-4-3-5-10(11)12(16)7-13(17)14(15)18/h3-7,9,16H,8H2,1-2H3. The second-order valence-corrected chi connectivity index (χ2v) is 4.72. The van der Waals surface area contributed by atoms with Gasteiger partial charge in [-0.1, -0.05) is 26.0 Å². The summed E-state index contributed by atoms with van der Waals surface area (Å²) in [4.78, 5) is 23.7. The Kier molecular flexibility index (Phi) is 3.19. The molecule has 4 heteroatoms. The van der Waals surface area contributed by atoms with E-state index in [1.54, 1.807) is 24.3 Å². The third kappa shape index (κ3) is 2.14. The first-order valence-corrected chi connectivity index (χ1v) is 5.86. The molecule has 18 heavy (non-hydrogen) atoms. The molecular weight excluding hydrogens is 230 g/mol. The molecule has 1 heterocycles. The van der Waals surface area contributed by atoms with Crippen LogP contribution in [0.4, 0.5) is 0 Å². The highest BCUT2D eigenvalue weighted by molar-refractivity contribution is 5.84. The fraction of sp³-hybridized carbons (Fsp3) is 0.286. The van der Waals surface area contributed by atoms with Gasteiger partial charge < -0.3 is 9.67 Å². The molecule has 0 fully saturated rings. The number of fused-ring (bicyclic) bond motifs is 1.